The molecule has 0 N–H and O–H groups in total. The minimum absolute atomic E-state index is 0.466. The van der Waals surface area contributed by atoms with Crippen LogP contribution in [-0.4, -0.2) is 4.98 Å². The van der Waals surface area contributed by atoms with Crippen LogP contribution < -0.4 is 15.9 Å². The zero-order valence-corrected chi connectivity index (χ0v) is 18.2. The van der Waals surface area contributed by atoms with E-state index in [0.717, 1.165) is 5.69 Å². The first-order valence-electron chi connectivity index (χ1n) is 10.5. The predicted molar refractivity (Wildman–Crippen MR) is 131 cm³/mol. The number of rotatable bonds is 5. The van der Waals surface area contributed by atoms with Crippen LogP contribution in [0.15, 0.2) is 115 Å². The summed E-state index contributed by atoms with van der Waals surface area (Å²) < 4.78 is 27.6. The topological polar surface area (TPSA) is 12.9 Å². The van der Waals surface area contributed by atoms with Gasteiger partial charge in [0.05, 0.1) is 11.2 Å². The highest BCUT2D eigenvalue weighted by molar-refractivity contribution is 7.95. The van der Waals surface area contributed by atoms with Gasteiger partial charge in [-0.3, -0.25) is 0 Å². The highest BCUT2D eigenvalue weighted by Crippen LogP contribution is 2.57. The van der Waals surface area contributed by atoms with E-state index in [-0.39, 0.29) is 0 Å². The smallest absolute Gasteiger partial charge is 0.161 e. The fraction of sp³-hybridized carbons (Fsp3) is 0.0357. The van der Waals surface area contributed by atoms with Crippen molar-refractivity contribution in [2.45, 2.75) is 6.16 Å². The fourth-order valence-electron chi connectivity index (χ4n) is 4.26. The molecule has 0 amide bonds. The molecule has 0 saturated heterocycles. The van der Waals surface area contributed by atoms with Crippen molar-refractivity contribution in [3.05, 3.63) is 133 Å². The quantitative estimate of drug-likeness (QED) is 0.305. The maximum Gasteiger partial charge on any atom is 0.161 e. The largest absolute Gasteiger partial charge is 0.249 e. The highest BCUT2D eigenvalue weighted by atomic mass is 31.2. The van der Waals surface area contributed by atoms with Gasteiger partial charge in [0.15, 0.2) is 11.6 Å². The molecule has 0 aliphatic carbocycles. The van der Waals surface area contributed by atoms with Gasteiger partial charge in [0, 0.05) is 11.5 Å². The predicted octanol–water partition coefficient (Wildman–Crippen LogP) is 6.01. The number of halogens is 2. The van der Waals surface area contributed by atoms with E-state index in [1.807, 2.05) is 30.3 Å². The van der Waals surface area contributed by atoms with Crippen LogP contribution in [0.3, 0.4) is 0 Å². The van der Waals surface area contributed by atoms with E-state index in [0.29, 0.717) is 17.1 Å². The Morgan fingerprint density at radius 1 is 0.562 bits per heavy atom. The van der Waals surface area contributed by atoms with Gasteiger partial charge in [-0.15, -0.1) is 0 Å². The lowest BCUT2D eigenvalue weighted by atomic mass is 10.2. The molecule has 4 aromatic carbocycles. The van der Waals surface area contributed by atoms with Gasteiger partial charge in [0.2, 0.25) is 0 Å². The van der Waals surface area contributed by atoms with E-state index in [4.69, 9.17) is 4.98 Å². The van der Waals surface area contributed by atoms with Crippen LogP contribution in [0.5, 0.6) is 0 Å². The molecular formula is C28H21F2NP+. The molecule has 0 aliphatic heterocycles. The Kier molecular flexibility index (Phi) is 5.51. The third kappa shape index (κ3) is 3.70. The summed E-state index contributed by atoms with van der Waals surface area (Å²) >= 11 is 0. The Labute approximate surface area is 186 Å². The maximum absolute atomic E-state index is 13.9. The molecule has 0 bridgehead atoms. The van der Waals surface area contributed by atoms with E-state index in [1.54, 1.807) is 0 Å². The summed E-state index contributed by atoms with van der Waals surface area (Å²) in [4.78, 5) is 4.76. The first-order valence-corrected chi connectivity index (χ1v) is 12.4. The summed E-state index contributed by atoms with van der Waals surface area (Å²) in [5.74, 6) is -1.73. The average Bonchev–Trinajstić information content (AvgIpc) is 2.85. The molecule has 32 heavy (non-hydrogen) atoms. The Hall–Kier alpha value is -3.42. The molecule has 0 aliphatic rings. The Morgan fingerprint density at radius 2 is 1.03 bits per heavy atom. The minimum Gasteiger partial charge on any atom is -0.249 e. The van der Waals surface area contributed by atoms with Crippen LogP contribution in [0.4, 0.5) is 8.78 Å². The lowest BCUT2D eigenvalue weighted by Gasteiger charge is -2.27. The Morgan fingerprint density at radius 3 is 1.53 bits per heavy atom. The molecule has 5 rings (SSSR count). The van der Waals surface area contributed by atoms with E-state index < -0.39 is 18.9 Å². The molecule has 4 heteroatoms. The van der Waals surface area contributed by atoms with Gasteiger partial charge in [0.25, 0.3) is 0 Å². The van der Waals surface area contributed by atoms with Crippen LogP contribution >= 0.6 is 7.26 Å². The fourth-order valence-corrected chi connectivity index (χ4v) is 8.41. The minimum atomic E-state index is -2.10. The molecule has 1 nitrogen and oxygen atoms in total. The summed E-state index contributed by atoms with van der Waals surface area (Å²) in [7, 11) is -2.10. The molecular weight excluding hydrogens is 419 g/mol. The maximum atomic E-state index is 13.9. The van der Waals surface area contributed by atoms with Crippen LogP contribution in [0, 0.1) is 11.6 Å². The van der Waals surface area contributed by atoms with Crippen molar-refractivity contribution < 1.29 is 8.78 Å². The summed E-state index contributed by atoms with van der Waals surface area (Å²) in [6, 6.07) is 37.8. The molecule has 156 valence electrons. The molecule has 0 unspecified atom stereocenters. The molecule has 0 radical (unpaired) electrons. The second-order valence-electron chi connectivity index (χ2n) is 7.74. The van der Waals surface area contributed by atoms with Crippen molar-refractivity contribution in [3.63, 3.8) is 0 Å². The van der Waals surface area contributed by atoms with Crippen LogP contribution in [-0.2, 0) is 6.16 Å². The lowest BCUT2D eigenvalue weighted by Crippen LogP contribution is -2.32. The third-order valence-corrected chi connectivity index (χ3v) is 10.1. The molecule has 0 fully saturated rings. The van der Waals surface area contributed by atoms with E-state index in [9.17, 15) is 8.78 Å². The summed E-state index contributed by atoms with van der Waals surface area (Å²) in [6.07, 6.45) is 0.681. The molecule has 1 heterocycles. The summed E-state index contributed by atoms with van der Waals surface area (Å²) in [6.45, 7) is 0. The summed E-state index contributed by atoms with van der Waals surface area (Å²) in [5, 5.41) is 4.36. The van der Waals surface area contributed by atoms with Crippen molar-refractivity contribution in [1.82, 2.24) is 4.98 Å². The van der Waals surface area contributed by atoms with Gasteiger partial charge in [-0.2, -0.15) is 0 Å². The summed E-state index contributed by atoms with van der Waals surface area (Å²) in [5.41, 5.74) is 1.32. The monoisotopic (exact) mass is 440 g/mol. The number of nitrogens with zero attached hydrogens (tertiary/aromatic N) is 1. The number of pyridine rings is 1. The first-order chi connectivity index (χ1) is 15.7. The normalized spacial score (nSPS) is 11.6. The van der Waals surface area contributed by atoms with E-state index >= 15 is 0 Å². The van der Waals surface area contributed by atoms with Crippen molar-refractivity contribution >= 4 is 34.1 Å². The van der Waals surface area contributed by atoms with Crippen molar-refractivity contribution in [2.24, 2.45) is 0 Å². The van der Waals surface area contributed by atoms with Crippen LogP contribution in [0.2, 0.25) is 0 Å². The van der Waals surface area contributed by atoms with Gasteiger partial charge in [-0.1, -0.05) is 60.7 Å². The van der Waals surface area contributed by atoms with E-state index in [1.165, 1.54) is 28.0 Å². The van der Waals surface area contributed by atoms with E-state index in [2.05, 4.69) is 72.8 Å². The third-order valence-electron chi connectivity index (χ3n) is 5.78. The lowest BCUT2D eigenvalue weighted by molar-refractivity contribution is 0.510. The number of hydrogen-bond acceptors (Lipinski definition) is 1. The van der Waals surface area contributed by atoms with Crippen molar-refractivity contribution in [1.29, 1.82) is 0 Å². The standard InChI is InChI=1S/C28H21F2NP/c29-26-18-21-16-17-22(31-28(21)19-27(26)30)20-32(23-10-4-1-5-11-23,24-12-6-2-7-13-24)25-14-8-3-9-15-25/h1-19H,20H2/q+1. The van der Waals surface area contributed by atoms with Crippen LogP contribution in [0.1, 0.15) is 5.69 Å². The zero-order valence-electron chi connectivity index (χ0n) is 17.3. The number of fused-ring (bicyclic) bond motifs is 1. The first kappa shape index (κ1) is 20.5. The molecule has 0 saturated carbocycles. The molecule has 0 spiro atoms. The number of hydrogen-bond donors (Lipinski definition) is 0. The number of benzene rings is 4. The average molecular weight is 440 g/mol. The van der Waals surface area contributed by atoms with Crippen molar-refractivity contribution in [3.8, 4) is 0 Å². The SMILES string of the molecule is Fc1cc2ccc(C[P+](c3ccccc3)(c3ccccc3)c3ccccc3)nc2cc1F. The molecule has 1 aromatic heterocycles. The van der Waals surface area contributed by atoms with Crippen LogP contribution in [0.25, 0.3) is 10.9 Å². The molecule has 5 aromatic rings. The van der Waals surface area contributed by atoms with Gasteiger partial charge in [-0.05, 0) is 48.5 Å². The Bertz CT molecular complexity index is 1260. The van der Waals surface area contributed by atoms with Gasteiger partial charge >= 0.3 is 0 Å². The van der Waals surface area contributed by atoms with Gasteiger partial charge < -0.3 is 0 Å². The molecule has 0 atom stereocenters. The second kappa shape index (κ2) is 8.61. The second-order valence-corrected chi connectivity index (χ2v) is 11.2. The van der Waals surface area contributed by atoms with Gasteiger partial charge in [0.1, 0.15) is 29.3 Å². The Balaban J connectivity index is 1.75. The highest BCUT2D eigenvalue weighted by Gasteiger charge is 2.45. The van der Waals surface area contributed by atoms with Gasteiger partial charge in [-0.25, -0.2) is 13.8 Å². The van der Waals surface area contributed by atoms with Crippen molar-refractivity contribution in [2.75, 3.05) is 0 Å². The zero-order chi connectivity index (χ0) is 22.0. The number of aromatic nitrogens is 1.